The molecule has 11 N–H and O–H groups in total. The second-order valence-corrected chi connectivity index (χ2v) is 25.0. The summed E-state index contributed by atoms with van der Waals surface area (Å²) in [5.41, 5.74) is 17.2. The Kier molecular flexibility index (Phi) is 50.7. The fourth-order valence-corrected chi connectivity index (χ4v) is 10.9. The molecule has 6 aliphatic rings. The normalized spacial score (nSPS) is 20.1. The van der Waals surface area contributed by atoms with E-state index in [4.69, 9.17) is 63.0 Å². The third kappa shape index (κ3) is 45.2. The van der Waals surface area contributed by atoms with Gasteiger partial charge in [-0.15, -0.1) is 28.7 Å². The molecule has 5 unspecified atom stereocenters. The van der Waals surface area contributed by atoms with Crippen LogP contribution in [0.15, 0.2) is 24.3 Å². The SMILES string of the molecule is C.NCCN.NCCNC(=O)COC1C#CCCCCC1.O=C(COC1C#CCCCCC1)ON1C(=O)CCC1=O.O=C(O)COC1C#CCCCCC1.O=COCN1CCN(CC(=O)O)CCN(CC(=O)O)C(Cc2ccc(CC(=S)CCCNC(=O)COC3C#CCCCCC3)cc2)C1. The van der Waals surface area contributed by atoms with E-state index in [2.05, 4.69) is 58.0 Å². The molecule has 2 aliphatic heterocycles. The number of ether oxygens (including phenoxy) is 5. The Morgan fingerprint density at radius 2 is 1.00 bits per heavy atom. The van der Waals surface area contributed by atoms with E-state index in [1.165, 1.54) is 19.3 Å². The van der Waals surface area contributed by atoms with Gasteiger partial charge >= 0.3 is 23.9 Å². The third-order valence-electron chi connectivity index (χ3n) is 15.9. The lowest BCUT2D eigenvalue weighted by molar-refractivity contribution is -0.200. The number of aliphatic carboxylic acids is 3. The van der Waals surface area contributed by atoms with Crippen molar-refractivity contribution in [2.45, 2.75) is 205 Å². The van der Waals surface area contributed by atoms with E-state index in [-0.39, 0.29) is 109 Å². The van der Waals surface area contributed by atoms with Crippen LogP contribution in [0.3, 0.4) is 0 Å². The number of rotatable bonds is 31. The molecule has 0 radical (unpaired) electrons. The lowest BCUT2D eigenvalue weighted by Crippen LogP contribution is -2.48. The van der Waals surface area contributed by atoms with Crippen LogP contribution in [0.5, 0.6) is 0 Å². The van der Waals surface area contributed by atoms with Gasteiger partial charge in [0.25, 0.3) is 18.3 Å². The zero-order chi connectivity index (χ0) is 72.8. The smallest absolute Gasteiger partial charge is 0.358 e. The molecule has 28 heteroatoms. The Labute approximate surface area is 602 Å². The molecule has 27 nitrogen and oxygen atoms in total. The molecule has 2 heterocycles. The van der Waals surface area contributed by atoms with Gasteiger partial charge < -0.3 is 71.7 Å². The Morgan fingerprint density at radius 1 is 0.554 bits per heavy atom. The van der Waals surface area contributed by atoms with Gasteiger partial charge in [0.1, 0.15) is 57.6 Å². The van der Waals surface area contributed by atoms with Gasteiger partial charge in [-0.2, -0.15) is 0 Å². The maximum Gasteiger partial charge on any atom is 0.358 e. The fraction of sp³-hybridized carbons (Fsp3) is 0.671. The van der Waals surface area contributed by atoms with Gasteiger partial charge in [0.05, 0.1) is 13.1 Å². The summed E-state index contributed by atoms with van der Waals surface area (Å²) in [6, 6.07) is 7.89. The van der Waals surface area contributed by atoms with Crippen molar-refractivity contribution in [1.82, 2.24) is 30.4 Å². The molecule has 2 fully saturated rings. The Balaban J connectivity index is 0.000000521. The summed E-state index contributed by atoms with van der Waals surface area (Å²) < 4.78 is 26.6. The largest absolute Gasteiger partial charge is 0.480 e. The summed E-state index contributed by atoms with van der Waals surface area (Å²) in [7, 11) is 0. The molecule has 7 rings (SSSR count). The summed E-state index contributed by atoms with van der Waals surface area (Å²) in [6.07, 6.45) is 22.6. The molecule has 0 bridgehead atoms. The number of hydrogen-bond donors (Lipinski definition) is 8. The molecule has 1 aromatic carbocycles. The van der Waals surface area contributed by atoms with Crippen molar-refractivity contribution in [1.29, 1.82) is 0 Å². The van der Waals surface area contributed by atoms with E-state index in [9.17, 15) is 53.4 Å². The van der Waals surface area contributed by atoms with Crippen molar-refractivity contribution < 1.29 is 87.0 Å². The number of carboxylic acid groups (broad SMARTS) is 3. The molecular formula is C73H111N9O18S. The van der Waals surface area contributed by atoms with E-state index >= 15 is 0 Å². The van der Waals surface area contributed by atoms with Crippen molar-refractivity contribution in [3.63, 3.8) is 0 Å². The highest BCUT2D eigenvalue weighted by Gasteiger charge is 2.33. The highest BCUT2D eigenvalue weighted by Crippen LogP contribution is 2.19. The van der Waals surface area contributed by atoms with Crippen molar-refractivity contribution in [3.05, 3.63) is 35.4 Å². The van der Waals surface area contributed by atoms with Crippen LogP contribution in [0.4, 0.5) is 0 Å². The first-order chi connectivity index (χ1) is 48.4. The predicted octanol–water partition coefficient (Wildman–Crippen LogP) is 4.30. The summed E-state index contributed by atoms with van der Waals surface area (Å²) >= 11 is 5.62. The number of carbonyl (C=O) groups is 9. The van der Waals surface area contributed by atoms with Crippen LogP contribution in [0.1, 0.15) is 173 Å². The molecule has 562 valence electrons. The van der Waals surface area contributed by atoms with Gasteiger partial charge in [-0.05, 0) is 112 Å². The molecule has 0 saturated carbocycles. The molecule has 101 heavy (non-hydrogen) atoms. The lowest BCUT2D eigenvalue weighted by Gasteiger charge is -2.33. The van der Waals surface area contributed by atoms with E-state index < -0.39 is 35.7 Å². The van der Waals surface area contributed by atoms with Gasteiger partial charge in [0.2, 0.25) is 11.8 Å². The quantitative estimate of drug-likeness (QED) is 0.0169. The molecule has 0 aromatic heterocycles. The first-order valence-corrected chi connectivity index (χ1v) is 35.4. The van der Waals surface area contributed by atoms with Gasteiger partial charge in [0, 0.05) is 116 Å². The average molecular weight is 1430 g/mol. The molecule has 5 atom stereocenters. The van der Waals surface area contributed by atoms with Crippen LogP contribution in [-0.4, -0.2) is 236 Å². The maximum atomic E-state index is 12.2. The van der Waals surface area contributed by atoms with Crippen LogP contribution >= 0.6 is 12.2 Å². The minimum absolute atomic E-state index is 0. The Bertz CT molecular complexity index is 2900. The number of nitrogens with two attached hydrogens (primary N) is 3. The molecule has 0 spiro atoms. The van der Waals surface area contributed by atoms with Crippen LogP contribution in [0, 0.1) is 47.4 Å². The summed E-state index contributed by atoms with van der Waals surface area (Å²) in [4.78, 5) is 113. The molecule has 1 aromatic rings. The van der Waals surface area contributed by atoms with Crippen molar-refractivity contribution in [2.24, 2.45) is 17.2 Å². The second-order valence-electron chi connectivity index (χ2n) is 24.4. The number of thiocarbonyl (C=S) groups is 1. The Hall–Kier alpha value is -7.42. The first kappa shape index (κ1) is 89.7. The zero-order valence-electron chi connectivity index (χ0n) is 58.1. The van der Waals surface area contributed by atoms with E-state index in [1.807, 2.05) is 34.1 Å². The zero-order valence-corrected chi connectivity index (χ0v) is 58.9. The monoisotopic (exact) mass is 1430 g/mol. The minimum Gasteiger partial charge on any atom is -0.480 e. The molecule has 2 saturated heterocycles. The number of imide groups is 1. The third-order valence-corrected chi connectivity index (χ3v) is 16.2. The number of carboxylic acids is 3. The first-order valence-electron chi connectivity index (χ1n) is 35.0. The topological polar surface area (TPSA) is 385 Å². The minimum atomic E-state index is -0.966. The Morgan fingerprint density at radius 3 is 1.46 bits per heavy atom. The number of nitrogens with one attached hydrogen (secondary N) is 2. The number of benzene rings is 1. The van der Waals surface area contributed by atoms with Crippen LogP contribution < -0.4 is 27.8 Å². The second kappa shape index (κ2) is 57.1. The van der Waals surface area contributed by atoms with Crippen LogP contribution in [0.25, 0.3) is 0 Å². The van der Waals surface area contributed by atoms with Gasteiger partial charge in [-0.3, -0.25) is 48.3 Å². The van der Waals surface area contributed by atoms with Gasteiger partial charge in [-0.25, -0.2) is 9.59 Å². The average Bonchev–Trinajstić information content (AvgIpc) is 1.85. The lowest BCUT2D eigenvalue weighted by atomic mass is 10.00. The highest BCUT2D eigenvalue weighted by molar-refractivity contribution is 7.80. The van der Waals surface area contributed by atoms with Gasteiger partial charge in [-0.1, -0.05) is 93.3 Å². The number of carbonyl (C=O) groups excluding carboxylic acids is 6. The summed E-state index contributed by atoms with van der Waals surface area (Å²) in [5.74, 6) is 19.4. The van der Waals surface area contributed by atoms with Crippen molar-refractivity contribution in [3.8, 4) is 47.4 Å². The van der Waals surface area contributed by atoms with Crippen LogP contribution in [-0.2, 0) is 84.5 Å². The fourth-order valence-electron chi connectivity index (χ4n) is 10.6. The highest BCUT2D eigenvalue weighted by atomic mass is 32.1. The van der Waals surface area contributed by atoms with Gasteiger partial charge in [0.15, 0.2) is 0 Å². The molecule has 4 amide bonds. The standard InChI is InChI=1S/C34H48N4O8S.C14H17NO5.C12H20N2O2.C10H14O3.C2H8N2.CH4/c39-26-45-25-37-16-15-36(22-33(41)42)17-18-38(23-34(43)44)29(21-37)19-27-10-12-28(13-11-27)20-31(47)9-6-14-35-32(40)24-46-30-7-4-2-1-3-5-8-30;16-12-8-9-13(17)15(12)20-14(18)10-19-11-6-4-2-1-3-5-7-11;13-8-9-14-12(15)10-16-11-6-4-2-1-3-5-7-11;11-10(12)8-13-9-6-4-2-1-3-5-7-9;3-1-2-4;/h10-13,26,29-30H,1-4,6-7,9,14-25H2,(H,35,40)(H,41,42)(H,43,44);11H,1-4,6,8-10H2;11H,1-4,6,8-10,13H2,(H,14,15);9H,1-4,6,8H2,(H,11,12);1-4H2;1H4. The number of amides is 4. The number of hydrogen-bond acceptors (Lipinski definition) is 22. The summed E-state index contributed by atoms with van der Waals surface area (Å²) in [6.45, 7) is 4.45. The molecule has 4 aliphatic carbocycles. The van der Waals surface area contributed by atoms with E-state index in [1.54, 1.807) is 4.90 Å². The van der Waals surface area contributed by atoms with Crippen LogP contribution in [0.2, 0.25) is 0 Å². The van der Waals surface area contributed by atoms with E-state index in [0.717, 1.165) is 132 Å². The van der Waals surface area contributed by atoms with Crippen molar-refractivity contribution >= 4 is 71.1 Å². The van der Waals surface area contributed by atoms with Crippen molar-refractivity contribution in [2.75, 3.05) is 112 Å². The van der Waals surface area contributed by atoms with E-state index in [0.29, 0.717) is 96.2 Å². The maximum absolute atomic E-state index is 12.2. The number of nitrogens with zero attached hydrogens (tertiary/aromatic N) is 4. The number of hydroxylamine groups is 2. The summed E-state index contributed by atoms with van der Waals surface area (Å²) in [5, 5.41) is 33.4. The predicted molar refractivity (Wildman–Crippen MR) is 383 cm³/mol. The molecular weight excluding hydrogens is 1320 g/mol.